The Hall–Kier alpha value is -1.24. The quantitative estimate of drug-likeness (QED) is 0.485. The summed E-state index contributed by atoms with van der Waals surface area (Å²) in [6, 6.07) is 8.05. The predicted molar refractivity (Wildman–Crippen MR) is 39.5 cm³/mol. The number of benzene rings is 1. The lowest BCUT2D eigenvalue weighted by Crippen LogP contribution is -2.27. The molecule has 1 aliphatic rings. The van der Waals surface area contributed by atoms with E-state index in [1.807, 2.05) is 24.3 Å². The Morgan fingerprint density at radius 1 is 1.30 bits per heavy atom. The maximum absolute atomic E-state index is 5.06. The van der Waals surface area contributed by atoms with Crippen LogP contribution in [0.15, 0.2) is 24.3 Å². The third-order valence-electron chi connectivity index (χ3n) is 1.52. The fraction of sp³-hybridized carbons (Fsp3) is 0.111. The highest BCUT2D eigenvalue weighted by Crippen LogP contribution is 1.82. The molecule has 1 heteroatoms. The lowest BCUT2D eigenvalue weighted by atomic mass is 10.2. The van der Waals surface area contributed by atoms with Crippen molar-refractivity contribution in [2.45, 2.75) is 0 Å². The van der Waals surface area contributed by atoms with Crippen LogP contribution in [-0.2, 0) is 4.74 Å². The summed E-state index contributed by atoms with van der Waals surface area (Å²) in [7, 11) is 0. The number of ether oxygens (including phenoxy) is 1. The molecule has 1 radical (unpaired) electrons. The molecule has 0 amide bonds. The Kier molecular flexibility index (Phi) is 1.21. The van der Waals surface area contributed by atoms with E-state index >= 15 is 0 Å². The average molecular weight is 131 g/mol. The fourth-order valence-electron chi connectivity index (χ4n) is 1.01. The van der Waals surface area contributed by atoms with Gasteiger partial charge >= 0.3 is 0 Å². The van der Waals surface area contributed by atoms with Gasteiger partial charge in [0.05, 0.1) is 6.26 Å². The van der Waals surface area contributed by atoms with Crippen LogP contribution in [0, 0.1) is 0 Å². The minimum Gasteiger partial charge on any atom is -0.496 e. The molecule has 0 saturated heterocycles. The first kappa shape index (κ1) is 5.54. The van der Waals surface area contributed by atoms with Gasteiger partial charge < -0.3 is 4.74 Å². The van der Waals surface area contributed by atoms with Gasteiger partial charge in [0.25, 0.3) is 0 Å². The highest BCUT2D eigenvalue weighted by atomic mass is 16.5. The van der Waals surface area contributed by atoms with E-state index in [2.05, 4.69) is 6.08 Å². The Bertz CT molecular complexity index is 303. The van der Waals surface area contributed by atoms with Crippen LogP contribution < -0.4 is 10.4 Å². The molecular weight excluding hydrogens is 124 g/mol. The van der Waals surface area contributed by atoms with Crippen molar-refractivity contribution in [1.29, 1.82) is 0 Å². The molecule has 0 unspecified atom stereocenters. The van der Waals surface area contributed by atoms with Crippen LogP contribution in [0.5, 0.6) is 0 Å². The van der Waals surface area contributed by atoms with Gasteiger partial charge in [-0.25, -0.2) is 0 Å². The van der Waals surface area contributed by atoms with Crippen LogP contribution in [0.4, 0.5) is 0 Å². The topological polar surface area (TPSA) is 9.23 Å². The van der Waals surface area contributed by atoms with Gasteiger partial charge in [-0.1, -0.05) is 24.3 Å². The van der Waals surface area contributed by atoms with Crippen LogP contribution in [0.3, 0.4) is 0 Å². The van der Waals surface area contributed by atoms with E-state index in [-0.39, 0.29) is 0 Å². The van der Waals surface area contributed by atoms with E-state index in [0.29, 0.717) is 6.61 Å². The molecule has 1 nitrogen and oxygen atoms in total. The number of fused-ring (bicyclic) bond motifs is 1. The summed E-state index contributed by atoms with van der Waals surface area (Å²) in [5.41, 5.74) is 0. The third kappa shape index (κ3) is 0.798. The molecule has 0 aliphatic carbocycles. The maximum Gasteiger partial charge on any atom is 0.113 e. The number of hydrogen-bond acceptors (Lipinski definition) is 1. The zero-order valence-electron chi connectivity index (χ0n) is 5.50. The zero-order valence-corrected chi connectivity index (χ0v) is 5.50. The van der Waals surface area contributed by atoms with Crippen molar-refractivity contribution in [3.05, 3.63) is 34.7 Å². The second-order valence-electron chi connectivity index (χ2n) is 2.19. The van der Waals surface area contributed by atoms with E-state index in [1.54, 1.807) is 6.26 Å². The SMILES string of the molecule is [C]1=c2ccccc2=COC1. The van der Waals surface area contributed by atoms with Crippen molar-refractivity contribution >= 4 is 12.3 Å². The number of hydrogen-bond donors (Lipinski definition) is 0. The molecule has 2 rings (SSSR count). The van der Waals surface area contributed by atoms with Gasteiger partial charge in [-0.05, 0) is 5.22 Å². The van der Waals surface area contributed by atoms with Gasteiger partial charge in [0.1, 0.15) is 6.61 Å². The molecule has 0 atom stereocenters. The smallest absolute Gasteiger partial charge is 0.113 e. The second-order valence-corrected chi connectivity index (χ2v) is 2.19. The van der Waals surface area contributed by atoms with E-state index in [1.165, 1.54) is 0 Å². The van der Waals surface area contributed by atoms with Gasteiger partial charge in [0.2, 0.25) is 0 Å². The first-order valence-corrected chi connectivity index (χ1v) is 3.24. The molecular formula is C9H7O. The minimum absolute atomic E-state index is 0.580. The Morgan fingerprint density at radius 3 is 3.10 bits per heavy atom. The molecule has 49 valence electrons. The van der Waals surface area contributed by atoms with Crippen LogP contribution in [-0.4, -0.2) is 6.61 Å². The monoisotopic (exact) mass is 131 g/mol. The first-order valence-electron chi connectivity index (χ1n) is 3.24. The Morgan fingerprint density at radius 2 is 2.20 bits per heavy atom. The summed E-state index contributed by atoms with van der Waals surface area (Å²) >= 11 is 0. The minimum atomic E-state index is 0.580. The molecule has 0 fully saturated rings. The van der Waals surface area contributed by atoms with E-state index in [0.717, 1.165) is 10.4 Å². The van der Waals surface area contributed by atoms with Gasteiger partial charge in [-0.2, -0.15) is 0 Å². The van der Waals surface area contributed by atoms with Crippen molar-refractivity contribution < 1.29 is 4.74 Å². The summed E-state index contributed by atoms with van der Waals surface area (Å²) in [4.78, 5) is 0. The highest BCUT2D eigenvalue weighted by Gasteiger charge is 1.89. The van der Waals surface area contributed by atoms with Crippen LogP contribution in [0.1, 0.15) is 0 Å². The second kappa shape index (κ2) is 2.18. The molecule has 0 N–H and O–H groups in total. The normalized spacial score (nSPS) is 14.0. The van der Waals surface area contributed by atoms with Gasteiger partial charge in [-0.15, -0.1) is 0 Å². The van der Waals surface area contributed by atoms with E-state index in [9.17, 15) is 0 Å². The largest absolute Gasteiger partial charge is 0.496 e. The molecule has 0 saturated carbocycles. The van der Waals surface area contributed by atoms with Crippen molar-refractivity contribution in [1.82, 2.24) is 0 Å². The lowest BCUT2D eigenvalue weighted by Gasteiger charge is -1.99. The summed E-state index contributed by atoms with van der Waals surface area (Å²) < 4.78 is 5.06. The van der Waals surface area contributed by atoms with Crippen molar-refractivity contribution in [2.24, 2.45) is 0 Å². The summed E-state index contributed by atoms with van der Waals surface area (Å²) in [5.74, 6) is 0. The number of rotatable bonds is 0. The van der Waals surface area contributed by atoms with Gasteiger partial charge in [0, 0.05) is 11.3 Å². The fourth-order valence-corrected chi connectivity index (χ4v) is 1.01. The average Bonchev–Trinajstić information content (AvgIpc) is 2.05. The molecule has 0 bridgehead atoms. The maximum atomic E-state index is 5.06. The van der Waals surface area contributed by atoms with E-state index < -0.39 is 0 Å². The molecule has 1 aromatic carbocycles. The van der Waals surface area contributed by atoms with Gasteiger partial charge in [0.15, 0.2) is 0 Å². The first-order chi connectivity index (χ1) is 4.97. The van der Waals surface area contributed by atoms with Crippen LogP contribution >= 0.6 is 0 Å². The molecule has 1 heterocycles. The third-order valence-corrected chi connectivity index (χ3v) is 1.52. The zero-order chi connectivity index (χ0) is 6.81. The predicted octanol–water partition coefficient (Wildman–Crippen LogP) is 0.112. The molecule has 0 spiro atoms. The van der Waals surface area contributed by atoms with Crippen molar-refractivity contribution in [2.75, 3.05) is 6.61 Å². The Balaban J connectivity index is 2.84. The van der Waals surface area contributed by atoms with E-state index in [4.69, 9.17) is 4.74 Å². The Labute approximate surface area is 59.3 Å². The van der Waals surface area contributed by atoms with Gasteiger partial charge in [-0.3, -0.25) is 0 Å². The van der Waals surface area contributed by atoms with Crippen LogP contribution in [0.25, 0.3) is 12.3 Å². The summed E-state index contributed by atoms with van der Waals surface area (Å²) in [6.07, 6.45) is 4.88. The highest BCUT2D eigenvalue weighted by molar-refractivity contribution is 5.33. The molecule has 0 aromatic heterocycles. The lowest BCUT2D eigenvalue weighted by molar-refractivity contribution is 0.346. The molecule has 10 heavy (non-hydrogen) atoms. The van der Waals surface area contributed by atoms with Crippen molar-refractivity contribution in [3.63, 3.8) is 0 Å². The molecule has 1 aliphatic heterocycles. The standard InChI is InChI=1S/C9H7O/c1-2-4-9-7-10-6-5-8(9)3-1/h1-4,7H,6H2. The molecule has 1 aromatic rings. The summed E-state index contributed by atoms with van der Waals surface area (Å²) in [5, 5.41) is 2.27. The summed E-state index contributed by atoms with van der Waals surface area (Å²) in [6.45, 7) is 0.580. The van der Waals surface area contributed by atoms with Crippen molar-refractivity contribution in [3.8, 4) is 0 Å². The van der Waals surface area contributed by atoms with Crippen LogP contribution in [0.2, 0.25) is 0 Å².